The van der Waals surface area contributed by atoms with E-state index in [1.54, 1.807) is 0 Å². The SMILES string of the molecule is O=[N+]([O-])c1ccc2nc(Cl)cc(C(F)F)c2c1. The van der Waals surface area contributed by atoms with E-state index in [1.165, 1.54) is 12.1 Å². The molecule has 0 unspecified atom stereocenters. The Labute approximate surface area is 99.0 Å². The zero-order valence-corrected chi connectivity index (χ0v) is 8.99. The molecule has 0 radical (unpaired) electrons. The second kappa shape index (κ2) is 4.21. The molecule has 0 aliphatic heterocycles. The van der Waals surface area contributed by atoms with E-state index in [-0.39, 0.29) is 27.3 Å². The van der Waals surface area contributed by atoms with Gasteiger partial charge in [0, 0.05) is 23.1 Å². The van der Waals surface area contributed by atoms with Crippen molar-refractivity contribution >= 4 is 28.2 Å². The highest BCUT2D eigenvalue weighted by molar-refractivity contribution is 6.30. The Morgan fingerprint density at radius 1 is 1.35 bits per heavy atom. The molecule has 0 bridgehead atoms. The third kappa shape index (κ3) is 2.16. The number of nitro groups is 1. The van der Waals surface area contributed by atoms with Crippen molar-refractivity contribution in [3.8, 4) is 0 Å². The average molecular weight is 259 g/mol. The molecule has 0 atom stereocenters. The number of non-ortho nitro benzene ring substituents is 1. The lowest BCUT2D eigenvalue weighted by atomic mass is 10.1. The summed E-state index contributed by atoms with van der Waals surface area (Å²) in [6.07, 6.45) is -2.76. The van der Waals surface area contributed by atoms with Gasteiger partial charge in [-0.1, -0.05) is 11.6 Å². The lowest BCUT2D eigenvalue weighted by Crippen LogP contribution is -1.93. The van der Waals surface area contributed by atoms with Crippen LogP contribution in [0.15, 0.2) is 24.3 Å². The summed E-state index contributed by atoms with van der Waals surface area (Å²) in [5.41, 5.74) is -0.411. The first-order valence-electron chi connectivity index (χ1n) is 4.52. The minimum Gasteiger partial charge on any atom is -0.258 e. The largest absolute Gasteiger partial charge is 0.270 e. The minimum absolute atomic E-state index is 0.0404. The van der Waals surface area contributed by atoms with Crippen LogP contribution in [0.5, 0.6) is 0 Å². The number of halogens is 3. The fourth-order valence-corrected chi connectivity index (χ4v) is 1.71. The summed E-state index contributed by atoms with van der Waals surface area (Å²) >= 11 is 5.59. The summed E-state index contributed by atoms with van der Waals surface area (Å²) in [6, 6.07) is 4.57. The number of hydrogen-bond acceptors (Lipinski definition) is 3. The molecule has 4 nitrogen and oxygen atoms in total. The Hall–Kier alpha value is -1.82. The zero-order chi connectivity index (χ0) is 12.6. The molecule has 0 spiro atoms. The quantitative estimate of drug-likeness (QED) is 0.468. The van der Waals surface area contributed by atoms with Gasteiger partial charge in [-0.3, -0.25) is 10.1 Å². The maximum atomic E-state index is 12.8. The van der Waals surface area contributed by atoms with Gasteiger partial charge < -0.3 is 0 Å². The van der Waals surface area contributed by atoms with Crippen LogP contribution >= 0.6 is 11.6 Å². The summed E-state index contributed by atoms with van der Waals surface area (Å²) < 4.78 is 25.5. The van der Waals surface area contributed by atoms with Gasteiger partial charge in [-0.25, -0.2) is 13.8 Å². The van der Waals surface area contributed by atoms with Crippen LogP contribution in [0.4, 0.5) is 14.5 Å². The topological polar surface area (TPSA) is 56.0 Å². The molecule has 0 aliphatic rings. The number of nitro benzene ring substituents is 1. The van der Waals surface area contributed by atoms with Gasteiger partial charge in [0.15, 0.2) is 0 Å². The summed E-state index contributed by atoms with van der Waals surface area (Å²) in [4.78, 5) is 13.7. The molecule has 1 aromatic carbocycles. The van der Waals surface area contributed by atoms with Crippen LogP contribution in [0.3, 0.4) is 0 Å². The predicted octanol–water partition coefficient (Wildman–Crippen LogP) is 3.73. The number of aromatic nitrogens is 1. The standard InChI is InChI=1S/C10H5ClF2N2O2/c11-9-4-7(10(12)13)6-3-5(15(16)17)1-2-8(6)14-9/h1-4,10H. The summed E-state index contributed by atoms with van der Waals surface area (Å²) in [5, 5.41) is 10.5. The number of hydrogen-bond donors (Lipinski definition) is 0. The molecule has 1 aromatic heterocycles. The van der Waals surface area contributed by atoms with E-state index in [9.17, 15) is 18.9 Å². The Kier molecular flexibility index (Phi) is 2.89. The smallest absolute Gasteiger partial charge is 0.258 e. The molecular formula is C10H5ClF2N2O2. The van der Waals surface area contributed by atoms with Gasteiger partial charge in [-0.05, 0) is 12.1 Å². The Morgan fingerprint density at radius 2 is 2.06 bits per heavy atom. The van der Waals surface area contributed by atoms with Crippen molar-refractivity contribution < 1.29 is 13.7 Å². The van der Waals surface area contributed by atoms with Gasteiger partial charge in [-0.15, -0.1) is 0 Å². The van der Waals surface area contributed by atoms with Gasteiger partial charge in [0.1, 0.15) is 5.15 Å². The van der Waals surface area contributed by atoms with Crippen molar-refractivity contribution in [2.75, 3.05) is 0 Å². The maximum Gasteiger partial charge on any atom is 0.270 e. The lowest BCUT2D eigenvalue weighted by molar-refractivity contribution is -0.384. The molecule has 7 heteroatoms. The normalized spacial score (nSPS) is 11.1. The van der Waals surface area contributed by atoms with E-state index in [0.717, 1.165) is 12.1 Å². The number of alkyl halides is 2. The van der Waals surface area contributed by atoms with Crippen molar-refractivity contribution in [2.45, 2.75) is 6.43 Å². The molecule has 0 saturated carbocycles. The van der Waals surface area contributed by atoms with Crippen molar-refractivity contribution in [3.63, 3.8) is 0 Å². The van der Waals surface area contributed by atoms with Gasteiger partial charge in [0.05, 0.1) is 10.4 Å². The van der Waals surface area contributed by atoms with Crippen LogP contribution in [0.25, 0.3) is 10.9 Å². The molecule has 0 amide bonds. The highest BCUT2D eigenvalue weighted by atomic mass is 35.5. The van der Waals surface area contributed by atoms with Crippen LogP contribution in [0, 0.1) is 10.1 Å². The summed E-state index contributed by atoms with van der Waals surface area (Å²) in [6.45, 7) is 0. The summed E-state index contributed by atoms with van der Waals surface area (Å²) in [7, 11) is 0. The molecule has 0 fully saturated rings. The molecule has 1 heterocycles. The van der Waals surface area contributed by atoms with E-state index in [4.69, 9.17) is 11.6 Å². The van der Waals surface area contributed by atoms with Crippen LogP contribution < -0.4 is 0 Å². The van der Waals surface area contributed by atoms with Gasteiger partial charge in [0.25, 0.3) is 12.1 Å². The van der Waals surface area contributed by atoms with Crippen molar-refractivity contribution in [1.82, 2.24) is 4.98 Å². The number of benzene rings is 1. The summed E-state index contributed by atoms with van der Waals surface area (Å²) in [5.74, 6) is 0. The van der Waals surface area contributed by atoms with Gasteiger partial charge in [-0.2, -0.15) is 0 Å². The van der Waals surface area contributed by atoms with E-state index in [1.807, 2.05) is 0 Å². The Balaban J connectivity index is 2.78. The third-order valence-corrected chi connectivity index (χ3v) is 2.43. The third-order valence-electron chi connectivity index (χ3n) is 2.24. The first-order valence-corrected chi connectivity index (χ1v) is 4.89. The molecule has 0 N–H and O–H groups in total. The van der Waals surface area contributed by atoms with Crippen molar-refractivity contribution in [2.24, 2.45) is 0 Å². The fourth-order valence-electron chi connectivity index (χ4n) is 1.50. The van der Waals surface area contributed by atoms with Crippen molar-refractivity contribution in [3.05, 3.63) is 45.1 Å². The predicted molar refractivity (Wildman–Crippen MR) is 58.4 cm³/mol. The first-order chi connectivity index (χ1) is 7.99. The van der Waals surface area contributed by atoms with Crippen LogP contribution in [-0.4, -0.2) is 9.91 Å². The second-order valence-corrected chi connectivity index (χ2v) is 3.68. The van der Waals surface area contributed by atoms with Crippen molar-refractivity contribution in [1.29, 1.82) is 0 Å². The second-order valence-electron chi connectivity index (χ2n) is 3.29. The molecule has 0 saturated heterocycles. The Bertz CT molecular complexity index is 604. The average Bonchev–Trinajstić information content (AvgIpc) is 2.26. The minimum atomic E-state index is -2.76. The molecule has 2 aromatic rings. The lowest BCUT2D eigenvalue weighted by Gasteiger charge is -2.05. The van der Waals surface area contributed by atoms with Crippen LogP contribution in [0.2, 0.25) is 5.15 Å². The Morgan fingerprint density at radius 3 is 2.65 bits per heavy atom. The fraction of sp³-hybridized carbons (Fsp3) is 0.100. The first kappa shape index (κ1) is 11.7. The monoisotopic (exact) mass is 258 g/mol. The number of nitrogens with zero attached hydrogens (tertiary/aromatic N) is 2. The number of rotatable bonds is 2. The molecular weight excluding hydrogens is 254 g/mol. The highest BCUT2D eigenvalue weighted by Crippen LogP contribution is 2.31. The van der Waals surface area contributed by atoms with Gasteiger partial charge >= 0.3 is 0 Å². The number of fused-ring (bicyclic) bond motifs is 1. The van der Waals surface area contributed by atoms with Crippen LogP contribution in [0.1, 0.15) is 12.0 Å². The van der Waals surface area contributed by atoms with E-state index in [0.29, 0.717) is 0 Å². The van der Waals surface area contributed by atoms with Crippen LogP contribution in [-0.2, 0) is 0 Å². The molecule has 0 aliphatic carbocycles. The number of pyridine rings is 1. The van der Waals surface area contributed by atoms with E-state index in [2.05, 4.69) is 4.98 Å². The van der Waals surface area contributed by atoms with Gasteiger partial charge in [0.2, 0.25) is 0 Å². The van der Waals surface area contributed by atoms with E-state index < -0.39 is 11.3 Å². The highest BCUT2D eigenvalue weighted by Gasteiger charge is 2.16. The maximum absolute atomic E-state index is 12.8. The molecule has 88 valence electrons. The zero-order valence-electron chi connectivity index (χ0n) is 8.23. The molecule has 2 rings (SSSR count). The molecule has 17 heavy (non-hydrogen) atoms. The van der Waals surface area contributed by atoms with E-state index >= 15 is 0 Å².